The van der Waals surface area contributed by atoms with Crippen LogP contribution in [0, 0.1) is 0 Å². The molecule has 0 unspecified atom stereocenters. The van der Waals surface area contributed by atoms with E-state index in [1.54, 1.807) is 18.2 Å². The molecule has 1 aromatic carbocycles. The summed E-state index contributed by atoms with van der Waals surface area (Å²) in [4.78, 5) is 26.1. The van der Waals surface area contributed by atoms with Crippen LogP contribution in [0.15, 0.2) is 42.5 Å². The number of hydrogen-bond donors (Lipinski definition) is 1. The summed E-state index contributed by atoms with van der Waals surface area (Å²) in [5, 5.41) is 0. The molecule has 0 saturated heterocycles. The fourth-order valence-electron chi connectivity index (χ4n) is 6.09. The Kier molecular flexibility index (Phi) is 27.7. The molecule has 0 atom stereocenters. The average molecular weight is 622 g/mol. The second kappa shape index (κ2) is 30.5. The highest BCUT2D eigenvalue weighted by atomic mass is 16.1. The largest absolute Gasteiger partial charge is 0.398 e. The minimum atomic E-state index is 0.0265. The van der Waals surface area contributed by atoms with Gasteiger partial charge in [0.1, 0.15) is 0 Å². The van der Waals surface area contributed by atoms with Gasteiger partial charge in [-0.15, -0.1) is 0 Å². The zero-order valence-electron chi connectivity index (χ0n) is 29.7. The van der Waals surface area contributed by atoms with Gasteiger partial charge in [0, 0.05) is 24.1 Å². The van der Waals surface area contributed by atoms with Gasteiger partial charge in [-0.3, -0.25) is 9.59 Å². The number of hydrogen-bond acceptors (Lipinski definition) is 3. The zero-order chi connectivity index (χ0) is 32.6. The van der Waals surface area contributed by atoms with Gasteiger partial charge in [-0.2, -0.15) is 0 Å². The van der Waals surface area contributed by atoms with Crippen LogP contribution in [0.25, 0.3) is 0 Å². The van der Waals surface area contributed by atoms with E-state index in [4.69, 9.17) is 5.73 Å². The van der Waals surface area contributed by atoms with E-state index >= 15 is 0 Å². The lowest BCUT2D eigenvalue weighted by molar-refractivity contribution is 0.0946. The molecule has 2 N–H and O–H groups in total. The Hall–Kier alpha value is -2.16. The van der Waals surface area contributed by atoms with Crippen LogP contribution in [0.4, 0.5) is 5.69 Å². The molecule has 0 saturated carbocycles. The van der Waals surface area contributed by atoms with Crippen LogP contribution in [-0.2, 0) is 0 Å². The molecule has 0 spiro atoms. The van der Waals surface area contributed by atoms with Crippen molar-refractivity contribution in [3.8, 4) is 0 Å². The van der Waals surface area contributed by atoms with Crippen molar-refractivity contribution in [1.82, 2.24) is 0 Å². The number of rotatable bonds is 32. The van der Waals surface area contributed by atoms with E-state index in [0.717, 1.165) is 44.9 Å². The lowest BCUT2D eigenvalue weighted by Gasteiger charge is -2.11. The number of allylic oxidation sites excluding steroid dienone is 4. The lowest BCUT2D eigenvalue weighted by atomic mass is 9.93. The van der Waals surface area contributed by atoms with Gasteiger partial charge in [-0.25, -0.2) is 0 Å². The van der Waals surface area contributed by atoms with Crippen molar-refractivity contribution >= 4 is 17.3 Å². The lowest BCUT2D eigenvalue weighted by Crippen LogP contribution is -2.12. The Morgan fingerprint density at radius 3 is 1.27 bits per heavy atom. The molecule has 0 bridgehead atoms. The first-order chi connectivity index (χ1) is 22.1. The van der Waals surface area contributed by atoms with Crippen LogP contribution in [0.5, 0.6) is 0 Å². The second-order valence-corrected chi connectivity index (χ2v) is 13.3. The van der Waals surface area contributed by atoms with E-state index in [2.05, 4.69) is 38.2 Å². The summed E-state index contributed by atoms with van der Waals surface area (Å²) >= 11 is 0. The fourth-order valence-corrected chi connectivity index (χ4v) is 6.09. The molecule has 0 aliphatic rings. The van der Waals surface area contributed by atoms with E-state index in [1.807, 2.05) is 0 Å². The van der Waals surface area contributed by atoms with E-state index in [-0.39, 0.29) is 11.6 Å². The minimum absolute atomic E-state index is 0.0265. The molecule has 0 fully saturated rings. The van der Waals surface area contributed by atoms with Crippen LogP contribution >= 0.6 is 0 Å². The standard InChI is InChI=1S/C42H71NO2/c1-3-5-7-9-11-13-15-17-19-21-23-25-27-29-31-36-40(44)38-34-33-35-39(43)42(38)41(45)37-32-30-28-26-24-22-20-18-16-14-12-10-8-6-4-2/h17-20,33-35H,3-16,21-32,36-37,43H2,1-2H3/b19-17-,20-18-. The molecular weight excluding hydrogens is 550 g/mol. The summed E-state index contributed by atoms with van der Waals surface area (Å²) in [5.74, 6) is 0.0893. The zero-order valence-corrected chi connectivity index (χ0v) is 29.7. The number of Topliss-reactive ketones (excluding diaryl/α,β-unsaturated/α-hetero) is 2. The third-order valence-corrected chi connectivity index (χ3v) is 9.01. The normalized spacial score (nSPS) is 11.7. The van der Waals surface area contributed by atoms with Crippen molar-refractivity contribution < 1.29 is 9.59 Å². The summed E-state index contributed by atoms with van der Waals surface area (Å²) in [6.07, 6.45) is 42.6. The highest BCUT2D eigenvalue weighted by molar-refractivity contribution is 6.11. The first-order valence-corrected chi connectivity index (χ1v) is 19.4. The summed E-state index contributed by atoms with van der Waals surface area (Å²) in [6, 6.07) is 5.36. The molecule has 0 heterocycles. The highest BCUT2D eigenvalue weighted by Crippen LogP contribution is 2.23. The Morgan fingerprint density at radius 1 is 0.489 bits per heavy atom. The topological polar surface area (TPSA) is 60.2 Å². The minimum Gasteiger partial charge on any atom is -0.398 e. The molecule has 0 radical (unpaired) electrons. The predicted octanol–water partition coefficient (Wildman–Crippen LogP) is 13.7. The molecule has 0 amide bonds. The molecule has 256 valence electrons. The smallest absolute Gasteiger partial charge is 0.165 e. The number of ketones is 2. The molecule has 0 aliphatic carbocycles. The van der Waals surface area contributed by atoms with Crippen molar-refractivity contribution in [2.75, 3.05) is 5.73 Å². The molecule has 3 nitrogen and oxygen atoms in total. The number of unbranched alkanes of at least 4 members (excludes halogenated alkanes) is 22. The number of anilines is 1. The van der Waals surface area contributed by atoms with E-state index in [9.17, 15) is 9.59 Å². The van der Waals surface area contributed by atoms with Gasteiger partial charge in [0.05, 0.1) is 5.56 Å². The molecule has 1 rings (SSSR count). The van der Waals surface area contributed by atoms with Crippen LogP contribution in [0.1, 0.15) is 214 Å². The van der Waals surface area contributed by atoms with E-state index in [0.29, 0.717) is 29.7 Å². The van der Waals surface area contributed by atoms with Gasteiger partial charge in [0.15, 0.2) is 11.6 Å². The van der Waals surface area contributed by atoms with Crippen LogP contribution in [0.3, 0.4) is 0 Å². The number of nitrogen functional groups attached to an aromatic ring is 1. The van der Waals surface area contributed by atoms with Crippen molar-refractivity contribution in [2.24, 2.45) is 0 Å². The van der Waals surface area contributed by atoms with Gasteiger partial charge in [-0.1, -0.05) is 153 Å². The SMILES string of the molecule is CCCCCCCC/C=C\CCCCCCCC(=O)c1cccc(N)c1C(=O)CCCCCCC/C=C\CCCCCCCC. The summed E-state index contributed by atoms with van der Waals surface area (Å²) in [7, 11) is 0. The first kappa shape index (κ1) is 40.9. The number of benzene rings is 1. The van der Waals surface area contributed by atoms with Gasteiger partial charge < -0.3 is 5.73 Å². The average Bonchev–Trinajstić information content (AvgIpc) is 3.04. The maximum atomic E-state index is 13.1. The van der Waals surface area contributed by atoms with Gasteiger partial charge >= 0.3 is 0 Å². The molecular formula is C42H71NO2. The number of carbonyl (C=O) groups excluding carboxylic acids is 2. The quantitative estimate of drug-likeness (QED) is 0.0377. The number of nitrogens with two attached hydrogens (primary N) is 1. The van der Waals surface area contributed by atoms with Crippen LogP contribution < -0.4 is 5.73 Å². The van der Waals surface area contributed by atoms with Crippen molar-refractivity contribution in [2.45, 2.75) is 194 Å². The van der Waals surface area contributed by atoms with Gasteiger partial charge in [0.2, 0.25) is 0 Å². The Balaban J connectivity index is 2.16. The molecule has 0 aromatic heterocycles. The second-order valence-electron chi connectivity index (χ2n) is 13.3. The first-order valence-electron chi connectivity index (χ1n) is 19.4. The highest BCUT2D eigenvalue weighted by Gasteiger charge is 2.19. The van der Waals surface area contributed by atoms with E-state index in [1.165, 1.54) is 122 Å². The summed E-state index contributed by atoms with van der Waals surface area (Å²) in [5.41, 5.74) is 7.66. The van der Waals surface area contributed by atoms with Gasteiger partial charge in [-0.05, 0) is 70.3 Å². The maximum absolute atomic E-state index is 13.1. The van der Waals surface area contributed by atoms with Crippen molar-refractivity contribution in [3.05, 3.63) is 53.6 Å². The molecule has 45 heavy (non-hydrogen) atoms. The van der Waals surface area contributed by atoms with E-state index < -0.39 is 0 Å². The third kappa shape index (κ3) is 22.9. The Bertz CT molecular complexity index is 915. The maximum Gasteiger partial charge on any atom is 0.165 e. The van der Waals surface area contributed by atoms with Crippen molar-refractivity contribution in [1.29, 1.82) is 0 Å². The summed E-state index contributed by atoms with van der Waals surface area (Å²) < 4.78 is 0. The van der Waals surface area contributed by atoms with Crippen LogP contribution in [0.2, 0.25) is 0 Å². The Morgan fingerprint density at radius 2 is 0.844 bits per heavy atom. The Labute approximate surface area is 279 Å². The predicted molar refractivity (Wildman–Crippen MR) is 198 cm³/mol. The number of carbonyl (C=O) groups is 2. The fraction of sp³-hybridized carbons (Fsp3) is 0.714. The molecule has 3 heteroatoms. The van der Waals surface area contributed by atoms with Gasteiger partial charge in [0.25, 0.3) is 0 Å². The molecule has 0 aliphatic heterocycles. The third-order valence-electron chi connectivity index (χ3n) is 9.01. The van der Waals surface area contributed by atoms with Crippen molar-refractivity contribution in [3.63, 3.8) is 0 Å². The molecule has 1 aromatic rings. The summed E-state index contributed by atoms with van der Waals surface area (Å²) in [6.45, 7) is 4.53. The van der Waals surface area contributed by atoms with Crippen LogP contribution in [-0.4, -0.2) is 11.6 Å². The monoisotopic (exact) mass is 622 g/mol.